The quantitative estimate of drug-likeness (QED) is 0.521. The van der Waals surface area contributed by atoms with Gasteiger partial charge in [0, 0.05) is 12.1 Å². The molecule has 0 aliphatic carbocycles. The zero-order chi connectivity index (χ0) is 15.9. The average molecular weight is 299 g/mol. The first-order valence-corrected chi connectivity index (χ1v) is 6.32. The largest absolute Gasteiger partial charge is 0.496 e. The molecule has 0 aliphatic heterocycles. The van der Waals surface area contributed by atoms with Crippen molar-refractivity contribution in [2.45, 2.75) is 0 Å². The molecule has 0 radical (unpaired) electrons. The topological polar surface area (TPSA) is 93.8 Å². The number of nitrogens with zero attached hydrogens (tertiary/aromatic N) is 2. The summed E-state index contributed by atoms with van der Waals surface area (Å²) >= 11 is 0. The molecule has 112 valence electrons. The molecule has 0 aromatic heterocycles. The molecule has 7 nitrogen and oxygen atoms in total. The van der Waals surface area contributed by atoms with E-state index in [2.05, 4.69) is 10.5 Å². The Morgan fingerprint density at radius 1 is 1.27 bits per heavy atom. The number of hydrazone groups is 1. The lowest BCUT2D eigenvalue weighted by Crippen LogP contribution is -2.18. The van der Waals surface area contributed by atoms with Gasteiger partial charge in [0.25, 0.3) is 11.6 Å². The molecular weight excluding hydrogens is 286 g/mol. The Kier molecular flexibility index (Phi) is 4.81. The highest BCUT2D eigenvalue weighted by molar-refractivity contribution is 5.98. The summed E-state index contributed by atoms with van der Waals surface area (Å²) in [5.74, 6) is -0.356. The number of hydrogen-bond acceptors (Lipinski definition) is 5. The van der Waals surface area contributed by atoms with E-state index in [1.807, 2.05) is 30.3 Å². The predicted octanol–water partition coefficient (Wildman–Crippen LogP) is 2.37. The number of rotatable bonds is 5. The van der Waals surface area contributed by atoms with E-state index in [9.17, 15) is 14.9 Å². The van der Waals surface area contributed by atoms with Crippen LogP contribution in [0.1, 0.15) is 15.9 Å². The number of carbonyl (C=O) groups is 1. The maximum Gasteiger partial charge on any atom is 0.275 e. The molecule has 0 aliphatic rings. The summed E-state index contributed by atoms with van der Waals surface area (Å²) in [6, 6.07) is 13.0. The number of hydrogen-bond donors (Lipinski definition) is 1. The van der Waals surface area contributed by atoms with Crippen molar-refractivity contribution in [3.8, 4) is 5.75 Å². The number of amides is 1. The highest BCUT2D eigenvalue weighted by Gasteiger charge is 2.16. The summed E-state index contributed by atoms with van der Waals surface area (Å²) in [6.45, 7) is 0. The van der Waals surface area contributed by atoms with Gasteiger partial charge >= 0.3 is 0 Å². The first kappa shape index (κ1) is 15.2. The van der Waals surface area contributed by atoms with Crippen LogP contribution in [0.5, 0.6) is 5.75 Å². The highest BCUT2D eigenvalue weighted by atomic mass is 16.6. The van der Waals surface area contributed by atoms with Gasteiger partial charge in [0.1, 0.15) is 5.75 Å². The lowest BCUT2D eigenvalue weighted by Gasteiger charge is -2.06. The zero-order valence-corrected chi connectivity index (χ0v) is 11.7. The van der Waals surface area contributed by atoms with Crippen LogP contribution >= 0.6 is 0 Å². The molecule has 0 bridgehead atoms. The summed E-state index contributed by atoms with van der Waals surface area (Å²) in [5.41, 5.74) is 2.98. The average Bonchev–Trinajstić information content (AvgIpc) is 2.55. The molecule has 0 heterocycles. The van der Waals surface area contributed by atoms with Crippen molar-refractivity contribution in [3.05, 3.63) is 69.8 Å². The second-order valence-electron chi connectivity index (χ2n) is 4.25. The molecule has 1 amide bonds. The lowest BCUT2D eigenvalue weighted by atomic mass is 10.1. The Morgan fingerprint density at radius 3 is 2.64 bits per heavy atom. The van der Waals surface area contributed by atoms with Crippen molar-refractivity contribution >= 4 is 17.8 Å². The maximum absolute atomic E-state index is 12.1. The summed E-state index contributed by atoms with van der Waals surface area (Å²) in [6.07, 6.45) is 1.47. The number of nitro groups is 1. The van der Waals surface area contributed by atoms with Gasteiger partial charge in [0.05, 0.1) is 23.8 Å². The van der Waals surface area contributed by atoms with Gasteiger partial charge in [-0.15, -0.1) is 0 Å². The molecule has 0 fully saturated rings. The van der Waals surface area contributed by atoms with Crippen molar-refractivity contribution in [3.63, 3.8) is 0 Å². The molecule has 0 spiro atoms. The van der Waals surface area contributed by atoms with Crippen LogP contribution in [0.2, 0.25) is 0 Å². The standard InChI is InChI=1S/C15H13N3O4/c1-22-14-8-7-12(18(20)21)9-13(14)15(19)17-16-10-11-5-3-2-4-6-11/h2-10H,1H3,(H,17,19). The van der Waals surface area contributed by atoms with Gasteiger partial charge in [-0.25, -0.2) is 5.43 Å². The molecule has 7 heteroatoms. The van der Waals surface area contributed by atoms with Gasteiger partial charge in [-0.3, -0.25) is 14.9 Å². The molecule has 0 unspecified atom stereocenters. The Hall–Kier alpha value is -3.22. The Balaban J connectivity index is 2.16. The van der Waals surface area contributed by atoms with Crippen LogP contribution in [-0.2, 0) is 0 Å². The van der Waals surface area contributed by atoms with Crippen LogP contribution in [0.4, 0.5) is 5.69 Å². The molecule has 0 saturated heterocycles. The van der Waals surface area contributed by atoms with Crippen molar-refractivity contribution in [2.24, 2.45) is 5.10 Å². The second-order valence-corrected chi connectivity index (χ2v) is 4.25. The normalized spacial score (nSPS) is 10.4. The fraction of sp³-hybridized carbons (Fsp3) is 0.0667. The predicted molar refractivity (Wildman–Crippen MR) is 81.2 cm³/mol. The smallest absolute Gasteiger partial charge is 0.275 e. The molecular formula is C15H13N3O4. The van der Waals surface area contributed by atoms with Gasteiger partial charge in [-0.2, -0.15) is 5.10 Å². The maximum atomic E-state index is 12.1. The van der Waals surface area contributed by atoms with Crippen LogP contribution in [0, 0.1) is 10.1 Å². The monoisotopic (exact) mass is 299 g/mol. The van der Waals surface area contributed by atoms with Crippen molar-refractivity contribution in [1.29, 1.82) is 0 Å². The molecule has 0 saturated carbocycles. The number of non-ortho nitro benzene ring substituents is 1. The van der Waals surface area contributed by atoms with E-state index in [1.54, 1.807) is 0 Å². The van der Waals surface area contributed by atoms with Crippen molar-refractivity contribution < 1.29 is 14.5 Å². The van der Waals surface area contributed by atoms with E-state index < -0.39 is 10.8 Å². The Bertz CT molecular complexity index is 714. The van der Waals surface area contributed by atoms with Crippen molar-refractivity contribution in [1.82, 2.24) is 5.43 Å². The summed E-state index contributed by atoms with van der Waals surface area (Å²) in [5, 5.41) is 14.6. The van der Waals surface area contributed by atoms with Crippen LogP contribution in [0.15, 0.2) is 53.6 Å². The minimum atomic E-state index is -0.590. The second kappa shape index (κ2) is 6.98. The molecule has 2 aromatic rings. The minimum absolute atomic E-state index is 0.0434. The van der Waals surface area contributed by atoms with E-state index >= 15 is 0 Å². The molecule has 2 aromatic carbocycles. The van der Waals surface area contributed by atoms with Gasteiger partial charge < -0.3 is 4.74 Å². The summed E-state index contributed by atoms with van der Waals surface area (Å²) in [7, 11) is 1.38. The molecule has 22 heavy (non-hydrogen) atoms. The number of nitro benzene ring substituents is 1. The fourth-order valence-corrected chi connectivity index (χ4v) is 1.75. The van der Waals surface area contributed by atoms with E-state index in [1.165, 1.54) is 25.5 Å². The first-order valence-electron chi connectivity index (χ1n) is 6.32. The van der Waals surface area contributed by atoms with Crippen molar-refractivity contribution in [2.75, 3.05) is 7.11 Å². The minimum Gasteiger partial charge on any atom is -0.496 e. The van der Waals surface area contributed by atoms with Crippen LogP contribution in [0.25, 0.3) is 0 Å². The summed E-state index contributed by atoms with van der Waals surface area (Å²) < 4.78 is 5.03. The number of methoxy groups -OCH3 is 1. The third-order valence-electron chi connectivity index (χ3n) is 2.82. The zero-order valence-electron chi connectivity index (χ0n) is 11.7. The Labute approximate surface area is 126 Å². The first-order chi connectivity index (χ1) is 10.6. The number of ether oxygens (including phenoxy) is 1. The lowest BCUT2D eigenvalue weighted by molar-refractivity contribution is -0.384. The third-order valence-corrected chi connectivity index (χ3v) is 2.82. The fourth-order valence-electron chi connectivity index (χ4n) is 1.75. The number of nitrogens with one attached hydrogen (secondary N) is 1. The van der Waals surface area contributed by atoms with E-state index in [-0.39, 0.29) is 17.0 Å². The molecule has 1 N–H and O–H groups in total. The van der Waals surface area contributed by atoms with E-state index in [0.29, 0.717) is 0 Å². The van der Waals surface area contributed by atoms with Gasteiger partial charge in [0.2, 0.25) is 0 Å². The summed E-state index contributed by atoms with van der Waals surface area (Å²) in [4.78, 5) is 22.3. The van der Waals surface area contributed by atoms with E-state index in [4.69, 9.17) is 4.74 Å². The molecule has 0 atom stereocenters. The van der Waals surface area contributed by atoms with Gasteiger partial charge in [0.15, 0.2) is 0 Å². The SMILES string of the molecule is COc1ccc([N+](=O)[O-])cc1C(=O)NN=Cc1ccccc1. The molecule has 2 rings (SSSR count). The van der Waals surface area contributed by atoms with Crippen LogP contribution in [0.3, 0.4) is 0 Å². The van der Waals surface area contributed by atoms with E-state index in [0.717, 1.165) is 11.6 Å². The Morgan fingerprint density at radius 2 is 2.00 bits per heavy atom. The van der Waals surface area contributed by atoms with Gasteiger partial charge in [-0.05, 0) is 11.6 Å². The highest BCUT2D eigenvalue weighted by Crippen LogP contribution is 2.23. The number of carbonyl (C=O) groups excluding carboxylic acids is 1. The van der Waals surface area contributed by atoms with Gasteiger partial charge in [-0.1, -0.05) is 30.3 Å². The van der Waals surface area contributed by atoms with Crippen LogP contribution in [-0.4, -0.2) is 24.2 Å². The van der Waals surface area contributed by atoms with Crippen LogP contribution < -0.4 is 10.2 Å². The third kappa shape index (κ3) is 3.66. The number of benzene rings is 2.